The highest BCUT2D eigenvalue weighted by Gasteiger charge is 2.06. The Morgan fingerprint density at radius 1 is 1.25 bits per heavy atom. The zero-order valence-electron chi connectivity index (χ0n) is 11.6. The maximum atomic E-state index is 11.2. The van der Waals surface area contributed by atoms with Crippen LogP contribution in [0.2, 0.25) is 0 Å². The molecule has 0 N–H and O–H groups in total. The number of hydrogen-bond acceptors (Lipinski definition) is 5. The molecule has 0 aliphatic carbocycles. The van der Waals surface area contributed by atoms with Crippen molar-refractivity contribution in [3.8, 4) is 16.3 Å². The number of ether oxygens (including phenoxy) is 2. The maximum Gasteiger partial charge on any atom is 0.344 e. The normalized spacial score (nSPS) is 10.3. The lowest BCUT2D eigenvalue weighted by Gasteiger charge is -2.06. The molecule has 0 aliphatic heterocycles. The van der Waals surface area contributed by atoms with Gasteiger partial charge in [0.15, 0.2) is 6.61 Å². The van der Waals surface area contributed by atoms with E-state index in [1.54, 1.807) is 18.3 Å². The van der Waals surface area contributed by atoms with Crippen LogP contribution >= 0.6 is 11.3 Å². The van der Waals surface area contributed by atoms with Gasteiger partial charge in [0.2, 0.25) is 0 Å². The van der Waals surface area contributed by atoms with Crippen molar-refractivity contribution in [3.63, 3.8) is 0 Å². The van der Waals surface area contributed by atoms with Crippen LogP contribution in [0, 0.1) is 0 Å². The highest BCUT2D eigenvalue weighted by Crippen LogP contribution is 2.27. The highest BCUT2D eigenvalue weighted by molar-refractivity contribution is 7.15. The topological polar surface area (TPSA) is 48.4 Å². The quantitative estimate of drug-likeness (QED) is 0.766. The fourth-order valence-electron chi connectivity index (χ4n) is 1.64. The molecule has 0 radical (unpaired) electrons. The van der Waals surface area contributed by atoms with E-state index in [-0.39, 0.29) is 12.6 Å². The summed E-state index contributed by atoms with van der Waals surface area (Å²) in [5.41, 5.74) is 1.05. The minimum atomic E-state index is -0.357. The van der Waals surface area contributed by atoms with E-state index >= 15 is 0 Å². The first-order valence-corrected chi connectivity index (χ1v) is 7.38. The molecule has 0 unspecified atom stereocenters. The summed E-state index contributed by atoms with van der Waals surface area (Å²) in [5, 5.41) is 0.999. The van der Waals surface area contributed by atoms with E-state index in [2.05, 4.69) is 11.9 Å². The standard InChI is InChI=1S/C15H17NO3S/c1-3-13-9-16-15(20-13)11-5-7-12(8-6-11)19-10-14(17)18-4-2/h5-9H,3-4,10H2,1-2H3. The SMILES string of the molecule is CCOC(=O)COc1ccc(-c2ncc(CC)s2)cc1. The first-order chi connectivity index (χ1) is 9.72. The van der Waals surface area contributed by atoms with Gasteiger partial charge < -0.3 is 9.47 Å². The predicted molar refractivity (Wildman–Crippen MR) is 79.1 cm³/mol. The third kappa shape index (κ3) is 3.81. The van der Waals surface area contributed by atoms with Gasteiger partial charge in [-0.3, -0.25) is 0 Å². The first kappa shape index (κ1) is 14.5. The Hall–Kier alpha value is -1.88. The van der Waals surface area contributed by atoms with Gasteiger partial charge >= 0.3 is 5.97 Å². The van der Waals surface area contributed by atoms with Crippen LogP contribution in [0.25, 0.3) is 10.6 Å². The molecule has 0 atom stereocenters. The van der Waals surface area contributed by atoms with Gasteiger partial charge in [-0.15, -0.1) is 11.3 Å². The fraction of sp³-hybridized carbons (Fsp3) is 0.333. The summed E-state index contributed by atoms with van der Waals surface area (Å²) in [6.45, 7) is 4.18. The van der Waals surface area contributed by atoms with Gasteiger partial charge in [-0.25, -0.2) is 9.78 Å². The Kier molecular flexibility index (Phi) is 5.12. The summed E-state index contributed by atoms with van der Waals surface area (Å²) in [7, 11) is 0. The molecular formula is C15H17NO3S. The minimum absolute atomic E-state index is 0.0651. The lowest BCUT2D eigenvalue weighted by Crippen LogP contribution is -2.14. The van der Waals surface area contributed by atoms with Crippen LogP contribution < -0.4 is 4.74 Å². The van der Waals surface area contributed by atoms with Crippen LogP contribution in [0.15, 0.2) is 30.5 Å². The smallest absolute Gasteiger partial charge is 0.344 e. The third-order valence-electron chi connectivity index (χ3n) is 2.67. The Labute approximate surface area is 122 Å². The molecule has 0 spiro atoms. The Bertz CT molecular complexity index is 563. The van der Waals surface area contributed by atoms with Crippen molar-refractivity contribution in [3.05, 3.63) is 35.3 Å². The predicted octanol–water partition coefficient (Wildman–Crippen LogP) is 3.31. The number of benzene rings is 1. The van der Waals surface area contributed by atoms with Gasteiger partial charge in [-0.2, -0.15) is 0 Å². The van der Waals surface area contributed by atoms with Crippen molar-refractivity contribution in [1.29, 1.82) is 0 Å². The van der Waals surface area contributed by atoms with E-state index in [1.165, 1.54) is 4.88 Å². The largest absolute Gasteiger partial charge is 0.482 e. The zero-order chi connectivity index (χ0) is 14.4. The molecule has 0 aliphatic rings. The number of aromatic nitrogens is 1. The summed E-state index contributed by atoms with van der Waals surface area (Å²) in [4.78, 5) is 16.8. The van der Waals surface area contributed by atoms with Crippen molar-refractivity contribution < 1.29 is 14.3 Å². The van der Waals surface area contributed by atoms with Crippen molar-refractivity contribution in [2.75, 3.05) is 13.2 Å². The molecule has 0 fully saturated rings. The molecule has 0 bridgehead atoms. The number of aryl methyl sites for hydroxylation is 1. The summed E-state index contributed by atoms with van der Waals surface area (Å²) >= 11 is 1.69. The van der Waals surface area contributed by atoms with Gasteiger partial charge in [0, 0.05) is 16.6 Å². The van der Waals surface area contributed by atoms with Crippen LogP contribution in [0.1, 0.15) is 18.7 Å². The van der Waals surface area contributed by atoms with E-state index in [9.17, 15) is 4.79 Å². The number of carbonyl (C=O) groups is 1. The van der Waals surface area contributed by atoms with E-state index in [4.69, 9.17) is 9.47 Å². The molecule has 0 saturated carbocycles. The molecule has 0 saturated heterocycles. The third-order valence-corrected chi connectivity index (χ3v) is 3.86. The van der Waals surface area contributed by atoms with Gasteiger partial charge in [0.05, 0.1) is 6.61 Å². The lowest BCUT2D eigenvalue weighted by atomic mass is 10.2. The number of carbonyl (C=O) groups excluding carboxylic acids is 1. The zero-order valence-corrected chi connectivity index (χ0v) is 12.4. The van der Waals surface area contributed by atoms with E-state index in [1.807, 2.05) is 30.5 Å². The van der Waals surface area contributed by atoms with Crippen LogP contribution in [0.5, 0.6) is 5.75 Å². The summed E-state index contributed by atoms with van der Waals surface area (Å²) in [5.74, 6) is 0.290. The molecule has 106 valence electrons. The molecule has 2 rings (SSSR count). The van der Waals surface area contributed by atoms with Crippen molar-refractivity contribution in [2.45, 2.75) is 20.3 Å². The molecular weight excluding hydrogens is 274 g/mol. The average Bonchev–Trinajstić information content (AvgIpc) is 2.95. The molecule has 20 heavy (non-hydrogen) atoms. The monoisotopic (exact) mass is 291 g/mol. The summed E-state index contributed by atoms with van der Waals surface area (Å²) in [6.07, 6.45) is 2.91. The average molecular weight is 291 g/mol. The second-order valence-electron chi connectivity index (χ2n) is 4.10. The summed E-state index contributed by atoms with van der Waals surface area (Å²) < 4.78 is 10.1. The fourth-order valence-corrected chi connectivity index (χ4v) is 2.50. The Morgan fingerprint density at radius 2 is 2.00 bits per heavy atom. The second-order valence-corrected chi connectivity index (χ2v) is 5.22. The summed E-state index contributed by atoms with van der Waals surface area (Å²) in [6, 6.07) is 7.56. The molecule has 4 nitrogen and oxygen atoms in total. The van der Waals surface area contributed by atoms with Crippen LogP contribution in [-0.2, 0) is 16.0 Å². The van der Waals surface area contributed by atoms with Crippen LogP contribution in [0.3, 0.4) is 0 Å². The lowest BCUT2D eigenvalue weighted by molar-refractivity contribution is -0.145. The van der Waals surface area contributed by atoms with E-state index < -0.39 is 0 Å². The van der Waals surface area contributed by atoms with Gasteiger partial charge in [-0.1, -0.05) is 6.92 Å². The van der Waals surface area contributed by atoms with E-state index in [0.29, 0.717) is 12.4 Å². The van der Waals surface area contributed by atoms with Gasteiger partial charge in [0.25, 0.3) is 0 Å². The number of rotatable bonds is 6. The number of esters is 1. The molecule has 0 amide bonds. The molecule has 1 heterocycles. The highest BCUT2D eigenvalue weighted by atomic mass is 32.1. The molecule has 1 aromatic heterocycles. The number of thiazole rings is 1. The van der Waals surface area contributed by atoms with Crippen molar-refractivity contribution >= 4 is 17.3 Å². The van der Waals surface area contributed by atoms with Gasteiger partial charge in [-0.05, 0) is 37.6 Å². The number of nitrogens with zero attached hydrogens (tertiary/aromatic N) is 1. The van der Waals surface area contributed by atoms with Crippen molar-refractivity contribution in [1.82, 2.24) is 4.98 Å². The van der Waals surface area contributed by atoms with Crippen LogP contribution in [0.4, 0.5) is 0 Å². The maximum absolute atomic E-state index is 11.2. The van der Waals surface area contributed by atoms with Crippen molar-refractivity contribution in [2.24, 2.45) is 0 Å². The first-order valence-electron chi connectivity index (χ1n) is 6.56. The second kappa shape index (κ2) is 7.05. The minimum Gasteiger partial charge on any atom is -0.482 e. The molecule has 5 heteroatoms. The Morgan fingerprint density at radius 3 is 2.60 bits per heavy atom. The van der Waals surface area contributed by atoms with Gasteiger partial charge in [0.1, 0.15) is 10.8 Å². The van der Waals surface area contributed by atoms with E-state index in [0.717, 1.165) is 17.0 Å². The molecule has 2 aromatic rings. The Balaban J connectivity index is 1.97. The van der Waals surface area contributed by atoms with Crippen LogP contribution in [-0.4, -0.2) is 24.2 Å². The number of hydrogen-bond donors (Lipinski definition) is 0. The molecule has 1 aromatic carbocycles.